The number of nitrogens with zero attached hydrogens (tertiary/aromatic N) is 3. The summed E-state index contributed by atoms with van der Waals surface area (Å²) in [5.74, 6) is 1.87. The van der Waals surface area contributed by atoms with E-state index in [1.165, 1.54) is 0 Å². The molecule has 2 N–H and O–H groups in total. The Labute approximate surface area is 123 Å². The average molecular weight is 284 g/mol. The van der Waals surface area contributed by atoms with Crippen molar-refractivity contribution in [2.45, 2.75) is 50.5 Å². The topological polar surface area (TPSA) is 73.3 Å². The molecule has 21 heavy (non-hydrogen) atoms. The molecule has 2 aromatic rings. The van der Waals surface area contributed by atoms with Gasteiger partial charge in [0.25, 0.3) is 0 Å². The Hall–Kier alpha value is -1.75. The summed E-state index contributed by atoms with van der Waals surface area (Å²) in [5, 5.41) is 8.62. The van der Waals surface area contributed by atoms with Gasteiger partial charge in [0.15, 0.2) is 11.4 Å². The summed E-state index contributed by atoms with van der Waals surface area (Å²) in [6, 6.07) is 4.05. The molecule has 2 aliphatic rings. The Morgan fingerprint density at radius 2 is 2.10 bits per heavy atom. The number of rotatable bonds is 3. The number of ketones is 1. The van der Waals surface area contributed by atoms with Crippen molar-refractivity contribution in [3.8, 4) is 0 Å². The van der Waals surface area contributed by atoms with Gasteiger partial charge < -0.3 is 5.73 Å². The maximum absolute atomic E-state index is 12.1. The van der Waals surface area contributed by atoms with Crippen molar-refractivity contribution < 1.29 is 4.79 Å². The van der Waals surface area contributed by atoms with Crippen molar-refractivity contribution >= 4 is 11.4 Å². The molecular weight excluding hydrogens is 264 g/mol. The number of aromatic nitrogens is 3. The number of fused-ring (bicyclic) bond motifs is 1. The van der Waals surface area contributed by atoms with Gasteiger partial charge in [-0.3, -0.25) is 9.20 Å². The Morgan fingerprint density at radius 3 is 2.86 bits per heavy atom. The van der Waals surface area contributed by atoms with Gasteiger partial charge in [-0.1, -0.05) is 6.42 Å². The zero-order valence-electron chi connectivity index (χ0n) is 12.0. The molecule has 2 atom stereocenters. The van der Waals surface area contributed by atoms with E-state index in [0.29, 0.717) is 5.92 Å². The molecular formula is C16H20N4O. The van der Waals surface area contributed by atoms with Crippen LogP contribution in [-0.2, 0) is 0 Å². The smallest absolute Gasteiger partial charge is 0.166 e. The van der Waals surface area contributed by atoms with E-state index < -0.39 is 0 Å². The second-order valence-corrected chi connectivity index (χ2v) is 6.46. The van der Waals surface area contributed by atoms with Gasteiger partial charge in [-0.25, -0.2) is 0 Å². The first-order valence-electron chi connectivity index (χ1n) is 7.87. The summed E-state index contributed by atoms with van der Waals surface area (Å²) in [5.41, 5.74) is 7.62. The van der Waals surface area contributed by atoms with Crippen LogP contribution in [0.4, 0.5) is 0 Å². The van der Waals surface area contributed by atoms with E-state index in [2.05, 4.69) is 10.2 Å². The van der Waals surface area contributed by atoms with Gasteiger partial charge in [0.1, 0.15) is 5.82 Å². The third-order valence-electron chi connectivity index (χ3n) is 4.75. The Morgan fingerprint density at radius 1 is 1.24 bits per heavy atom. The molecule has 2 saturated carbocycles. The minimum atomic E-state index is 0.242. The fourth-order valence-corrected chi connectivity index (χ4v) is 3.38. The van der Waals surface area contributed by atoms with Crippen molar-refractivity contribution in [2.24, 2.45) is 11.7 Å². The number of Topliss-reactive ketones (excluding diaryl/α,β-unsaturated/α-hetero) is 1. The maximum Gasteiger partial charge on any atom is 0.166 e. The first-order valence-corrected chi connectivity index (χ1v) is 7.87. The fourth-order valence-electron chi connectivity index (χ4n) is 3.38. The van der Waals surface area contributed by atoms with Crippen LogP contribution in [0.5, 0.6) is 0 Å². The second kappa shape index (κ2) is 4.91. The lowest BCUT2D eigenvalue weighted by atomic mass is 9.85. The molecule has 0 unspecified atom stereocenters. The highest BCUT2D eigenvalue weighted by Crippen LogP contribution is 2.34. The van der Waals surface area contributed by atoms with Gasteiger partial charge in [0.2, 0.25) is 0 Å². The largest absolute Gasteiger partial charge is 0.328 e. The van der Waals surface area contributed by atoms with Crippen LogP contribution in [-0.4, -0.2) is 26.4 Å². The number of nitrogens with two attached hydrogens (primary N) is 1. The van der Waals surface area contributed by atoms with Crippen LogP contribution in [0.15, 0.2) is 18.3 Å². The predicted molar refractivity (Wildman–Crippen MR) is 79.2 cm³/mol. The summed E-state index contributed by atoms with van der Waals surface area (Å²) < 4.78 is 2.02. The van der Waals surface area contributed by atoms with E-state index in [-0.39, 0.29) is 17.7 Å². The normalized spacial score (nSPS) is 26.1. The van der Waals surface area contributed by atoms with E-state index >= 15 is 0 Å². The van der Waals surface area contributed by atoms with Crippen LogP contribution in [0.25, 0.3) is 5.65 Å². The molecule has 5 heteroatoms. The molecule has 4 rings (SSSR count). The van der Waals surface area contributed by atoms with E-state index in [1.807, 2.05) is 22.7 Å². The summed E-state index contributed by atoms with van der Waals surface area (Å²) >= 11 is 0. The molecule has 0 spiro atoms. The van der Waals surface area contributed by atoms with Crippen LogP contribution < -0.4 is 5.73 Å². The number of carbonyl (C=O) groups is 1. The molecule has 0 saturated heterocycles. The van der Waals surface area contributed by atoms with Crippen molar-refractivity contribution in [2.75, 3.05) is 0 Å². The standard InChI is InChI=1S/C16H20N4O/c17-13-3-1-2-12(8-13)16-19-18-14-9-11(6-7-20(14)16)15(21)10-4-5-10/h6-7,9-10,12-13H,1-5,8,17H2/t12-,13+/m0/s1. The SMILES string of the molecule is N[C@@H]1CCC[C@H](c2nnc3cc(C(=O)C4CC4)ccn23)C1. The number of carbonyl (C=O) groups excluding carboxylic acids is 1. The molecule has 2 aliphatic carbocycles. The van der Waals surface area contributed by atoms with Crippen LogP contribution in [0.1, 0.15) is 60.6 Å². The molecule has 2 aromatic heterocycles. The summed E-state index contributed by atoms with van der Waals surface area (Å²) in [7, 11) is 0. The van der Waals surface area contributed by atoms with Gasteiger partial charge in [-0.2, -0.15) is 0 Å². The highest BCUT2D eigenvalue weighted by atomic mass is 16.1. The fraction of sp³-hybridized carbons (Fsp3) is 0.562. The maximum atomic E-state index is 12.1. The van der Waals surface area contributed by atoms with Gasteiger partial charge in [0, 0.05) is 29.6 Å². The minimum Gasteiger partial charge on any atom is -0.328 e. The quantitative estimate of drug-likeness (QED) is 0.878. The van der Waals surface area contributed by atoms with Crippen LogP contribution in [0.2, 0.25) is 0 Å². The van der Waals surface area contributed by atoms with E-state index in [4.69, 9.17) is 5.73 Å². The van der Waals surface area contributed by atoms with Gasteiger partial charge in [-0.05, 0) is 44.2 Å². The first kappa shape index (κ1) is 13.0. The third kappa shape index (κ3) is 2.35. The lowest BCUT2D eigenvalue weighted by molar-refractivity contribution is 0.0967. The number of hydrogen-bond donors (Lipinski definition) is 1. The molecule has 110 valence electrons. The molecule has 0 radical (unpaired) electrons. The molecule has 2 fully saturated rings. The lowest BCUT2D eigenvalue weighted by Crippen LogP contribution is -2.27. The molecule has 0 amide bonds. The van der Waals surface area contributed by atoms with Crippen LogP contribution in [0, 0.1) is 5.92 Å². The lowest BCUT2D eigenvalue weighted by Gasteiger charge is -2.25. The van der Waals surface area contributed by atoms with Crippen molar-refractivity contribution in [1.82, 2.24) is 14.6 Å². The van der Waals surface area contributed by atoms with E-state index in [0.717, 1.165) is 55.6 Å². The monoisotopic (exact) mass is 284 g/mol. The molecule has 0 bridgehead atoms. The highest BCUT2D eigenvalue weighted by Gasteiger charge is 2.31. The summed E-state index contributed by atoms with van der Waals surface area (Å²) in [4.78, 5) is 12.1. The molecule has 2 heterocycles. The molecule has 0 aromatic carbocycles. The zero-order chi connectivity index (χ0) is 14.4. The first-order chi connectivity index (χ1) is 10.2. The van der Waals surface area contributed by atoms with E-state index in [1.54, 1.807) is 0 Å². The van der Waals surface area contributed by atoms with Crippen LogP contribution >= 0.6 is 0 Å². The molecule has 0 aliphatic heterocycles. The summed E-state index contributed by atoms with van der Waals surface area (Å²) in [6.07, 6.45) is 8.36. The summed E-state index contributed by atoms with van der Waals surface area (Å²) in [6.45, 7) is 0. The number of pyridine rings is 1. The Bertz CT molecular complexity index is 689. The van der Waals surface area contributed by atoms with Crippen molar-refractivity contribution in [1.29, 1.82) is 0 Å². The zero-order valence-corrected chi connectivity index (χ0v) is 12.0. The van der Waals surface area contributed by atoms with Gasteiger partial charge >= 0.3 is 0 Å². The highest BCUT2D eigenvalue weighted by molar-refractivity contribution is 5.99. The average Bonchev–Trinajstić information content (AvgIpc) is 3.25. The predicted octanol–water partition coefficient (Wildman–Crippen LogP) is 2.31. The van der Waals surface area contributed by atoms with Gasteiger partial charge in [0.05, 0.1) is 0 Å². The Balaban J connectivity index is 1.67. The minimum absolute atomic E-state index is 0.242. The van der Waals surface area contributed by atoms with Crippen molar-refractivity contribution in [3.63, 3.8) is 0 Å². The van der Waals surface area contributed by atoms with Crippen molar-refractivity contribution in [3.05, 3.63) is 29.7 Å². The van der Waals surface area contributed by atoms with E-state index in [9.17, 15) is 4.79 Å². The third-order valence-corrected chi connectivity index (χ3v) is 4.75. The Kier molecular flexibility index (Phi) is 3.03. The molecule has 5 nitrogen and oxygen atoms in total. The second-order valence-electron chi connectivity index (χ2n) is 6.46. The number of hydrogen-bond acceptors (Lipinski definition) is 4. The van der Waals surface area contributed by atoms with Gasteiger partial charge in [-0.15, -0.1) is 10.2 Å². The van der Waals surface area contributed by atoms with Crippen LogP contribution in [0.3, 0.4) is 0 Å².